The van der Waals surface area contributed by atoms with Gasteiger partial charge in [0, 0.05) is 23.3 Å². The van der Waals surface area contributed by atoms with E-state index < -0.39 is 0 Å². The summed E-state index contributed by atoms with van der Waals surface area (Å²) in [4.78, 5) is 45.5. The maximum Gasteiger partial charge on any atom is 0.254 e. The zero-order valence-corrected chi connectivity index (χ0v) is 12.9. The number of carbonyl (C=O) groups excluding carboxylic acids is 4. The summed E-state index contributed by atoms with van der Waals surface area (Å²) < 4.78 is 0. The van der Waals surface area contributed by atoms with E-state index in [1.807, 2.05) is 24.3 Å². The van der Waals surface area contributed by atoms with Gasteiger partial charge in [0.25, 0.3) is 23.6 Å². The molecule has 1 aromatic carbocycles. The van der Waals surface area contributed by atoms with Gasteiger partial charge in [0.1, 0.15) is 0 Å². The molecule has 0 saturated heterocycles. The fourth-order valence-electron chi connectivity index (χ4n) is 2.86. The molecule has 0 aromatic heterocycles. The van der Waals surface area contributed by atoms with Gasteiger partial charge in [-0.25, -0.2) is 0 Å². The number of nitrogens with one attached hydrogen (secondary N) is 2. The Labute approximate surface area is 138 Å². The van der Waals surface area contributed by atoms with Crippen LogP contribution in [0.4, 0.5) is 0 Å². The zero-order chi connectivity index (χ0) is 17.1. The van der Waals surface area contributed by atoms with Crippen molar-refractivity contribution in [1.82, 2.24) is 10.6 Å². The first kappa shape index (κ1) is 15.9. The fraction of sp³-hybridized carbons (Fsp3) is 0.222. The second-order valence-electron chi connectivity index (χ2n) is 5.74. The van der Waals surface area contributed by atoms with E-state index in [1.54, 1.807) is 0 Å². The summed E-state index contributed by atoms with van der Waals surface area (Å²) in [6, 6.07) is 7.77. The van der Waals surface area contributed by atoms with Gasteiger partial charge in [-0.1, -0.05) is 24.3 Å². The Morgan fingerprint density at radius 2 is 1.04 bits per heavy atom. The molecule has 0 unspecified atom stereocenters. The largest absolute Gasteiger partial charge is 0.289 e. The third-order valence-corrected chi connectivity index (χ3v) is 4.11. The molecule has 122 valence electrons. The average molecular weight is 324 g/mol. The molecule has 3 rings (SSSR count). The molecule has 0 spiro atoms. The average Bonchev–Trinajstić information content (AvgIpc) is 3.04. The summed E-state index contributed by atoms with van der Waals surface area (Å²) in [6.07, 6.45) is 4.90. The first-order valence-corrected chi connectivity index (χ1v) is 7.71. The molecule has 0 atom stereocenters. The minimum atomic E-state index is -0.368. The van der Waals surface area contributed by atoms with Crippen molar-refractivity contribution in [1.29, 1.82) is 0 Å². The smallest absolute Gasteiger partial charge is 0.254 e. The van der Waals surface area contributed by atoms with Gasteiger partial charge in [-0.2, -0.15) is 0 Å². The van der Waals surface area contributed by atoms with Crippen molar-refractivity contribution in [2.75, 3.05) is 0 Å². The summed E-state index contributed by atoms with van der Waals surface area (Å²) in [6.45, 7) is 0. The van der Waals surface area contributed by atoms with Crippen molar-refractivity contribution in [3.8, 4) is 0 Å². The highest BCUT2D eigenvalue weighted by Gasteiger charge is 2.22. The lowest BCUT2D eigenvalue weighted by atomic mass is 9.95. The minimum absolute atomic E-state index is 0.330. The van der Waals surface area contributed by atoms with E-state index in [9.17, 15) is 19.2 Å². The van der Waals surface area contributed by atoms with Gasteiger partial charge in [0.2, 0.25) is 0 Å². The summed E-state index contributed by atoms with van der Waals surface area (Å²) in [7, 11) is 0. The molecule has 2 aliphatic heterocycles. The summed E-state index contributed by atoms with van der Waals surface area (Å²) >= 11 is 0. The lowest BCUT2D eigenvalue weighted by molar-refractivity contribution is -0.125. The van der Waals surface area contributed by atoms with Crippen LogP contribution in [0.2, 0.25) is 0 Å². The Hall–Kier alpha value is -3.02. The maximum atomic E-state index is 11.6. The summed E-state index contributed by atoms with van der Waals surface area (Å²) in [5.41, 5.74) is 3.10. The molecule has 24 heavy (non-hydrogen) atoms. The normalized spacial score (nSPS) is 16.8. The fourth-order valence-corrected chi connectivity index (χ4v) is 2.86. The van der Waals surface area contributed by atoms with Crippen LogP contribution in [-0.2, 0) is 32.0 Å². The highest BCUT2D eigenvalue weighted by molar-refractivity contribution is 6.16. The second kappa shape index (κ2) is 6.62. The second-order valence-corrected chi connectivity index (χ2v) is 5.74. The Bertz CT molecular complexity index is 738. The molecule has 0 aliphatic carbocycles. The minimum Gasteiger partial charge on any atom is -0.289 e. The maximum absolute atomic E-state index is 11.6. The molecular formula is C18H16N2O4. The molecule has 2 heterocycles. The van der Waals surface area contributed by atoms with Crippen LogP contribution in [0.5, 0.6) is 0 Å². The molecule has 2 aliphatic rings. The molecule has 0 radical (unpaired) electrons. The first-order valence-electron chi connectivity index (χ1n) is 7.71. The lowest BCUT2D eigenvalue weighted by Crippen LogP contribution is -2.22. The van der Waals surface area contributed by atoms with Gasteiger partial charge in [0.15, 0.2) is 0 Å². The third-order valence-electron chi connectivity index (χ3n) is 4.11. The number of hydrogen-bond acceptors (Lipinski definition) is 4. The monoisotopic (exact) mass is 324 g/mol. The highest BCUT2D eigenvalue weighted by Crippen LogP contribution is 2.19. The van der Waals surface area contributed by atoms with Crippen molar-refractivity contribution in [2.45, 2.75) is 25.7 Å². The summed E-state index contributed by atoms with van der Waals surface area (Å²) in [5.74, 6) is -1.40. The third kappa shape index (κ3) is 3.48. The van der Waals surface area contributed by atoms with Crippen molar-refractivity contribution in [3.63, 3.8) is 0 Å². The quantitative estimate of drug-likeness (QED) is 0.754. The van der Waals surface area contributed by atoms with E-state index in [1.165, 1.54) is 12.2 Å². The van der Waals surface area contributed by atoms with Crippen molar-refractivity contribution in [3.05, 3.63) is 58.7 Å². The van der Waals surface area contributed by atoms with Gasteiger partial charge in [0.05, 0.1) is 0 Å². The molecular weight excluding hydrogens is 308 g/mol. The Morgan fingerprint density at radius 3 is 1.38 bits per heavy atom. The van der Waals surface area contributed by atoms with Crippen LogP contribution in [0.1, 0.15) is 24.0 Å². The van der Waals surface area contributed by atoms with E-state index in [4.69, 9.17) is 0 Å². The molecule has 0 bridgehead atoms. The van der Waals surface area contributed by atoms with E-state index in [0.717, 1.165) is 11.1 Å². The van der Waals surface area contributed by atoms with Crippen LogP contribution >= 0.6 is 0 Å². The van der Waals surface area contributed by atoms with Crippen LogP contribution in [-0.4, -0.2) is 23.6 Å². The molecule has 6 heteroatoms. The van der Waals surface area contributed by atoms with E-state index >= 15 is 0 Å². The van der Waals surface area contributed by atoms with E-state index in [2.05, 4.69) is 10.6 Å². The van der Waals surface area contributed by atoms with Crippen LogP contribution < -0.4 is 10.6 Å². The van der Waals surface area contributed by atoms with Crippen molar-refractivity contribution in [2.24, 2.45) is 0 Å². The van der Waals surface area contributed by atoms with Gasteiger partial charge < -0.3 is 0 Å². The Balaban J connectivity index is 1.65. The van der Waals surface area contributed by atoms with Gasteiger partial charge in [-0.05, 0) is 36.8 Å². The molecule has 6 nitrogen and oxygen atoms in total. The van der Waals surface area contributed by atoms with Crippen molar-refractivity contribution >= 4 is 23.6 Å². The Morgan fingerprint density at radius 1 is 0.625 bits per heavy atom. The van der Waals surface area contributed by atoms with Gasteiger partial charge in [-0.3, -0.25) is 29.8 Å². The van der Waals surface area contributed by atoms with Crippen LogP contribution in [0.25, 0.3) is 0 Å². The predicted octanol–water partition coefficient (Wildman–Crippen LogP) is 0.717. The number of carbonyl (C=O) groups is 4. The summed E-state index contributed by atoms with van der Waals surface area (Å²) in [5, 5.41) is 4.47. The number of aryl methyl sites for hydroxylation is 2. The highest BCUT2D eigenvalue weighted by atomic mass is 16.2. The van der Waals surface area contributed by atoms with Crippen LogP contribution in [0.15, 0.2) is 47.6 Å². The number of imide groups is 2. The topological polar surface area (TPSA) is 92.3 Å². The van der Waals surface area contributed by atoms with E-state index in [0.29, 0.717) is 36.8 Å². The molecule has 0 fully saturated rings. The molecule has 0 saturated carbocycles. The number of rotatable bonds is 6. The van der Waals surface area contributed by atoms with E-state index in [-0.39, 0.29) is 23.6 Å². The standard InChI is InChI=1S/C18H16N2O4/c21-15-9-13(17(23)19-15)7-5-11-3-1-2-4-12(11)6-8-14-10-16(22)20-18(14)24/h1-4,9-10H,5-8H2,(H,19,21,23)(H,20,22,24). The van der Waals surface area contributed by atoms with Gasteiger partial charge >= 0.3 is 0 Å². The van der Waals surface area contributed by atoms with Crippen LogP contribution in [0.3, 0.4) is 0 Å². The van der Waals surface area contributed by atoms with Gasteiger partial charge in [-0.15, -0.1) is 0 Å². The number of amides is 4. The van der Waals surface area contributed by atoms with Crippen molar-refractivity contribution < 1.29 is 19.2 Å². The molecule has 1 aromatic rings. The zero-order valence-electron chi connectivity index (χ0n) is 12.9. The SMILES string of the molecule is O=C1C=C(CCc2ccccc2CCC2=CC(=O)NC2=O)C(=O)N1. The predicted molar refractivity (Wildman–Crippen MR) is 85.5 cm³/mol. The van der Waals surface area contributed by atoms with Crippen LogP contribution in [0, 0.1) is 0 Å². The number of benzene rings is 1. The molecule has 4 amide bonds. The Kier molecular flexibility index (Phi) is 4.37. The first-order chi connectivity index (χ1) is 11.5. The molecule has 2 N–H and O–H groups in total. The number of hydrogen-bond donors (Lipinski definition) is 2. The lowest BCUT2D eigenvalue weighted by Gasteiger charge is -2.09.